The van der Waals surface area contributed by atoms with Crippen LogP contribution in [0.2, 0.25) is 0 Å². The molecule has 5 heteroatoms. The lowest BCUT2D eigenvalue weighted by Crippen LogP contribution is -1.93. The molecule has 0 saturated heterocycles. The largest absolute Gasteiger partial charge is 0.455 e. The fourth-order valence-electron chi connectivity index (χ4n) is 8.30. The molecule has 0 fully saturated rings. The third kappa shape index (κ3) is 3.24. The van der Waals surface area contributed by atoms with Crippen LogP contribution in [0.25, 0.3) is 110 Å². The van der Waals surface area contributed by atoms with Gasteiger partial charge in [0.2, 0.25) is 0 Å². The maximum Gasteiger partial charge on any atom is 0.165 e. The molecule has 0 unspecified atom stereocenters. The Kier molecular flexibility index (Phi) is 4.66. The second-order valence-corrected chi connectivity index (χ2v) is 13.0. The van der Waals surface area contributed by atoms with Gasteiger partial charge in [0.05, 0.1) is 38.5 Å². The number of rotatable bonds is 2. The molecule has 49 heavy (non-hydrogen) atoms. The molecule has 5 aromatic heterocycles. The summed E-state index contributed by atoms with van der Waals surface area (Å²) in [7, 11) is 0. The zero-order chi connectivity index (χ0) is 31.8. The zero-order valence-electron chi connectivity index (χ0n) is 26.1. The molecule has 0 N–H and O–H groups in total. The standard InChI is InChI=1S/C44H24N4O/c1-5-14-36-31(9-1)40-38(23-21-30-28-8-2-6-15-39(28)49-43(30)40)47(36)27-19-16-25(17-20-27)26-18-22-37-33(24-26)29-10-7-11-32-41-44(48(37)42(29)32)46-35-13-4-3-12-34(35)45-41/h1-24H. The molecule has 0 aliphatic heterocycles. The van der Waals surface area contributed by atoms with Gasteiger partial charge in [0.1, 0.15) is 16.7 Å². The second kappa shape index (κ2) is 9.00. The predicted molar refractivity (Wildman–Crippen MR) is 201 cm³/mol. The maximum absolute atomic E-state index is 6.49. The van der Waals surface area contributed by atoms with Gasteiger partial charge >= 0.3 is 0 Å². The van der Waals surface area contributed by atoms with Crippen LogP contribution in [0.15, 0.2) is 150 Å². The summed E-state index contributed by atoms with van der Waals surface area (Å²) < 4.78 is 11.1. The monoisotopic (exact) mass is 624 g/mol. The lowest BCUT2D eigenvalue weighted by molar-refractivity contribution is 0.673. The highest BCUT2D eigenvalue weighted by Crippen LogP contribution is 2.42. The molecule has 0 aliphatic rings. The average molecular weight is 625 g/mol. The number of hydrogen-bond acceptors (Lipinski definition) is 3. The molecular formula is C44H24N4O. The molecule has 0 bridgehead atoms. The van der Waals surface area contributed by atoms with E-state index in [0.29, 0.717) is 0 Å². The van der Waals surface area contributed by atoms with Crippen molar-refractivity contribution < 1.29 is 4.42 Å². The van der Waals surface area contributed by atoms with Crippen LogP contribution in [-0.4, -0.2) is 18.9 Å². The first-order chi connectivity index (χ1) is 24.3. The molecule has 226 valence electrons. The van der Waals surface area contributed by atoms with Gasteiger partial charge in [-0.1, -0.05) is 84.9 Å². The predicted octanol–water partition coefficient (Wildman–Crippen LogP) is 11.4. The van der Waals surface area contributed by atoms with Crippen molar-refractivity contribution in [1.29, 1.82) is 0 Å². The summed E-state index contributed by atoms with van der Waals surface area (Å²) >= 11 is 0. The highest BCUT2D eigenvalue weighted by Gasteiger charge is 2.21. The minimum atomic E-state index is 0.906. The van der Waals surface area contributed by atoms with Gasteiger partial charge in [-0.3, -0.25) is 4.40 Å². The van der Waals surface area contributed by atoms with Crippen molar-refractivity contribution in [2.24, 2.45) is 0 Å². The number of furan rings is 1. The first-order valence-electron chi connectivity index (χ1n) is 16.6. The summed E-state index contributed by atoms with van der Waals surface area (Å²) in [4.78, 5) is 10.1. The van der Waals surface area contributed by atoms with Crippen LogP contribution in [0.1, 0.15) is 0 Å². The first kappa shape index (κ1) is 25.4. The van der Waals surface area contributed by atoms with Crippen molar-refractivity contribution >= 4 is 93.1 Å². The maximum atomic E-state index is 6.49. The van der Waals surface area contributed by atoms with Crippen LogP contribution in [0.3, 0.4) is 0 Å². The summed E-state index contributed by atoms with van der Waals surface area (Å²) in [6.07, 6.45) is 0. The Bertz CT molecular complexity index is 3330. The zero-order valence-corrected chi connectivity index (χ0v) is 26.1. The Morgan fingerprint density at radius 2 is 1.18 bits per heavy atom. The Balaban J connectivity index is 1.03. The SMILES string of the molecule is c1ccc2nc3c(nc2c1)c1cccc2c4cc(-c5ccc(-n6c7ccccc7c7c8oc9ccccc9c8ccc76)cc5)ccc4n3c21. The Morgan fingerprint density at radius 1 is 0.469 bits per heavy atom. The quantitative estimate of drug-likeness (QED) is 0.192. The molecule has 0 radical (unpaired) electrons. The number of hydrogen-bond donors (Lipinski definition) is 0. The molecule has 7 aromatic carbocycles. The van der Waals surface area contributed by atoms with Crippen molar-refractivity contribution in [1.82, 2.24) is 18.9 Å². The van der Waals surface area contributed by atoms with Gasteiger partial charge < -0.3 is 8.98 Å². The fraction of sp³-hybridized carbons (Fsp3) is 0. The summed E-state index contributed by atoms with van der Waals surface area (Å²) in [5, 5.41) is 8.21. The highest BCUT2D eigenvalue weighted by molar-refractivity contribution is 6.24. The summed E-state index contributed by atoms with van der Waals surface area (Å²) in [6.45, 7) is 0. The molecule has 12 rings (SSSR count). The second-order valence-electron chi connectivity index (χ2n) is 13.0. The Morgan fingerprint density at radius 3 is 2.08 bits per heavy atom. The molecule has 0 spiro atoms. The normalized spacial score (nSPS) is 12.5. The lowest BCUT2D eigenvalue weighted by atomic mass is 10.0. The molecular weight excluding hydrogens is 601 g/mol. The third-order valence-electron chi connectivity index (χ3n) is 10.4. The van der Waals surface area contributed by atoms with Crippen molar-refractivity contribution in [3.63, 3.8) is 0 Å². The Labute approximate surface area is 278 Å². The van der Waals surface area contributed by atoms with E-state index in [0.717, 1.165) is 77.1 Å². The number of nitrogens with zero attached hydrogens (tertiary/aromatic N) is 4. The summed E-state index contributed by atoms with van der Waals surface area (Å²) in [5.74, 6) is 0. The van der Waals surface area contributed by atoms with Crippen LogP contribution < -0.4 is 0 Å². The molecule has 5 heterocycles. The van der Waals surface area contributed by atoms with E-state index in [1.54, 1.807) is 0 Å². The lowest BCUT2D eigenvalue weighted by Gasteiger charge is -2.10. The molecule has 12 aromatic rings. The van der Waals surface area contributed by atoms with E-state index in [-0.39, 0.29) is 0 Å². The number of aromatic nitrogens is 4. The average Bonchev–Trinajstić information content (AvgIpc) is 3.89. The smallest absolute Gasteiger partial charge is 0.165 e. The minimum Gasteiger partial charge on any atom is -0.455 e. The van der Waals surface area contributed by atoms with E-state index in [9.17, 15) is 0 Å². The molecule has 0 atom stereocenters. The minimum absolute atomic E-state index is 0.906. The molecule has 5 nitrogen and oxygen atoms in total. The van der Waals surface area contributed by atoms with E-state index in [4.69, 9.17) is 14.4 Å². The van der Waals surface area contributed by atoms with Crippen LogP contribution in [0, 0.1) is 0 Å². The van der Waals surface area contributed by atoms with Gasteiger partial charge in [-0.05, 0) is 71.8 Å². The van der Waals surface area contributed by atoms with E-state index in [2.05, 4.69) is 118 Å². The van der Waals surface area contributed by atoms with Gasteiger partial charge in [0, 0.05) is 38.0 Å². The van der Waals surface area contributed by atoms with Crippen molar-refractivity contribution in [2.75, 3.05) is 0 Å². The van der Waals surface area contributed by atoms with E-state index >= 15 is 0 Å². The molecule has 0 amide bonds. The topological polar surface area (TPSA) is 48.3 Å². The molecule has 0 aliphatic carbocycles. The summed E-state index contributed by atoms with van der Waals surface area (Å²) in [6, 6.07) is 51.7. The van der Waals surface area contributed by atoms with Crippen LogP contribution in [-0.2, 0) is 0 Å². The number of benzene rings is 7. The first-order valence-corrected chi connectivity index (χ1v) is 16.6. The highest BCUT2D eigenvalue weighted by atomic mass is 16.3. The van der Waals surface area contributed by atoms with Gasteiger partial charge in [-0.15, -0.1) is 0 Å². The van der Waals surface area contributed by atoms with E-state index in [1.807, 2.05) is 36.4 Å². The van der Waals surface area contributed by atoms with Crippen molar-refractivity contribution in [2.45, 2.75) is 0 Å². The number of fused-ring (bicyclic) bond motifs is 14. The van der Waals surface area contributed by atoms with Crippen molar-refractivity contribution in [3.05, 3.63) is 146 Å². The fourth-order valence-corrected chi connectivity index (χ4v) is 8.30. The van der Waals surface area contributed by atoms with Crippen LogP contribution in [0.5, 0.6) is 0 Å². The van der Waals surface area contributed by atoms with Crippen molar-refractivity contribution in [3.8, 4) is 16.8 Å². The summed E-state index contributed by atoms with van der Waals surface area (Å²) in [5.41, 5.74) is 13.6. The van der Waals surface area contributed by atoms with E-state index < -0.39 is 0 Å². The van der Waals surface area contributed by atoms with Gasteiger partial charge in [-0.25, -0.2) is 9.97 Å². The van der Waals surface area contributed by atoms with Gasteiger partial charge in [0.25, 0.3) is 0 Å². The molecule has 0 saturated carbocycles. The number of para-hydroxylation sites is 5. The van der Waals surface area contributed by atoms with Crippen LogP contribution >= 0.6 is 0 Å². The van der Waals surface area contributed by atoms with E-state index in [1.165, 1.54) is 32.8 Å². The van der Waals surface area contributed by atoms with Gasteiger partial charge in [0.15, 0.2) is 5.65 Å². The van der Waals surface area contributed by atoms with Gasteiger partial charge in [-0.2, -0.15) is 0 Å². The van der Waals surface area contributed by atoms with Crippen LogP contribution in [0.4, 0.5) is 0 Å². The Hall–Kier alpha value is -6.72. The third-order valence-corrected chi connectivity index (χ3v) is 10.4.